The van der Waals surface area contributed by atoms with Gasteiger partial charge < -0.3 is 20.7 Å². The summed E-state index contributed by atoms with van der Waals surface area (Å²) in [6.07, 6.45) is 0.999. The fraction of sp³-hybridized carbons (Fsp3) is 0.520. The van der Waals surface area contributed by atoms with Gasteiger partial charge in [0.05, 0.1) is 18.9 Å². The number of aryl methyl sites for hydroxylation is 2. The molecule has 0 aliphatic carbocycles. The van der Waals surface area contributed by atoms with Gasteiger partial charge in [0.15, 0.2) is 0 Å². The molecule has 4 rings (SSSR count). The summed E-state index contributed by atoms with van der Waals surface area (Å²) in [7, 11) is 0. The first kappa shape index (κ1) is 25.4. The first-order valence-electron chi connectivity index (χ1n) is 12.2. The standard InChI is InChI=1S/C25H34N6O3S/c1-17-14-18(2)20-15-19(17)21-16-22(29-25(26)28-21)35-13-10-31(7-6-30-8-11-34-12-9-30)23(32)4-3-5-27-24(20)33/h14-16H,3-13H2,1-2H3,(H,27,33)(H2,26,28,29). The molecule has 3 N–H and O–H groups in total. The number of aromatic nitrogens is 2. The minimum atomic E-state index is -0.149. The Bertz CT molecular complexity index is 1070. The average Bonchev–Trinajstić information content (AvgIpc) is 2.83. The number of hydrogen-bond donors (Lipinski definition) is 2. The Hall–Kier alpha value is -2.69. The Morgan fingerprint density at radius 3 is 2.60 bits per heavy atom. The van der Waals surface area contributed by atoms with Crippen molar-refractivity contribution in [3.05, 3.63) is 34.9 Å². The van der Waals surface area contributed by atoms with E-state index < -0.39 is 0 Å². The molecule has 0 unspecified atom stereocenters. The van der Waals surface area contributed by atoms with Gasteiger partial charge in [0.1, 0.15) is 5.03 Å². The molecular weight excluding hydrogens is 464 g/mol. The van der Waals surface area contributed by atoms with E-state index in [9.17, 15) is 9.59 Å². The smallest absolute Gasteiger partial charge is 0.251 e. The summed E-state index contributed by atoms with van der Waals surface area (Å²) >= 11 is 1.56. The second kappa shape index (κ2) is 11.8. The van der Waals surface area contributed by atoms with E-state index in [0.29, 0.717) is 49.5 Å². The summed E-state index contributed by atoms with van der Waals surface area (Å²) in [6.45, 7) is 9.76. The lowest BCUT2D eigenvalue weighted by Gasteiger charge is -2.30. The molecule has 0 radical (unpaired) electrons. The average molecular weight is 499 g/mol. The van der Waals surface area contributed by atoms with Gasteiger partial charge in [-0.25, -0.2) is 9.97 Å². The topological polar surface area (TPSA) is 114 Å². The summed E-state index contributed by atoms with van der Waals surface area (Å²) in [5.41, 5.74) is 10.1. The number of morpholine rings is 1. The lowest BCUT2D eigenvalue weighted by Crippen LogP contribution is -2.43. The molecule has 0 atom stereocenters. The van der Waals surface area contributed by atoms with Gasteiger partial charge >= 0.3 is 0 Å². The number of carbonyl (C=O) groups excluding carboxylic acids is 2. The van der Waals surface area contributed by atoms with Crippen molar-refractivity contribution in [3.63, 3.8) is 0 Å². The lowest BCUT2D eigenvalue weighted by molar-refractivity contribution is -0.131. The second-order valence-corrected chi connectivity index (χ2v) is 10.1. The van der Waals surface area contributed by atoms with E-state index in [1.807, 2.05) is 36.9 Å². The maximum absolute atomic E-state index is 13.0. The number of fused-ring (bicyclic) bond motifs is 5. The van der Waals surface area contributed by atoms with Gasteiger partial charge in [0.2, 0.25) is 11.9 Å². The summed E-state index contributed by atoms with van der Waals surface area (Å²) in [5, 5.41) is 3.73. The van der Waals surface area contributed by atoms with Crippen LogP contribution in [0.2, 0.25) is 0 Å². The number of ether oxygens (including phenoxy) is 1. The number of carbonyl (C=O) groups is 2. The number of benzene rings is 1. The van der Waals surface area contributed by atoms with E-state index in [-0.39, 0.29) is 17.8 Å². The van der Waals surface area contributed by atoms with Crippen LogP contribution in [0.15, 0.2) is 23.2 Å². The van der Waals surface area contributed by atoms with Gasteiger partial charge in [-0.15, -0.1) is 11.8 Å². The Kier molecular flexibility index (Phi) is 8.59. The van der Waals surface area contributed by atoms with Crippen LogP contribution in [0.1, 0.15) is 34.3 Å². The van der Waals surface area contributed by atoms with E-state index in [4.69, 9.17) is 10.5 Å². The highest BCUT2D eigenvalue weighted by atomic mass is 32.2. The third-order valence-corrected chi connectivity index (χ3v) is 7.31. The minimum Gasteiger partial charge on any atom is -0.379 e. The first-order valence-corrected chi connectivity index (χ1v) is 13.1. The van der Waals surface area contributed by atoms with Gasteiger partial charge in [-0.05, 0) is 43.5 Å². The molecule has 1 saturated heterocycles. The van der Waals surface area contributed by atoms with Crippen LogP contribution in [-0.2, 0) is 9.53 Å². The Morgan fingerprint density at radius 2 is 1.80 bits per heavy atom. The SMILES string of the molecule is Cc1cc(C)c2cc1C(=O)NCCCC(=O)N(CCN1CCOCC1)CCSc1cc-2nc(N)n1. The molecule has 2 aliphatic rings. The second-order valence-electron chi connectivity index (χ2n) is 8.97. The largest absolute Gasteiger partial charge is 0.379 e. The number of nitrogens with two attached hydrogens (primary N) is 1. The summed E-state index contributed by atoms with van der Waals surface area (Å²) in [5.74, 6) is 0.859. The normalized spacial score (nSPS) is 18.4. The summed E-state index contributed by atoms with van der Waals surface area (Å²) in [4.78, 5) is 39.1. The van der Waals surface area contributed by atoms with Gasteiger partial charge in [-0.1, -0.05) is 6.07 Å². The summed E-state index contributed by atoms with van der Waals surface area (Å²) in [6, 6.07) is 5.78. The predicted octanol–water partition coefficient (Wildman–Crippen LogP) is 2.12. The van der Waals surface area contributed by atoms with Gasteiger partial charge in [-0.2, -0.15) is 0 Å². The van der Waals surface area contributed by atoms with Crippen LogP contribution >= 0.6 is 11.8 Å². The first-order chi connectivity index (χ1) is 16.9. The number of anilines is 1. The van der Waals surface area contributed by atoms with Crippen molar-refractivity contribution >= 4 is 29.5 Å². The number of thioether (sulfide) groups is 1. The highest BCUT2D eigenvalue weighted by Gasteiger charge is 2.19. The fourth-order valence-electron chi connectivity index (χ4n) is 4.43. The molecule has 9 nitrogen and oxygen atoms in total. The highest BCUT2D eigenvalue weighted by Crippen LogP contribution is 2.29. The van der Waals surface area contributed by atoms with Crippen molar-refractivity contribution in [1.82, 2.24) is 25.1 Å². The van der Waals surface area contributed by atoms with Crippen LogP contribution < -0.4 is 11.1 Å². The zero-order valence-corrected chi connectivity index (χ0v) is 21.3. The van der Waals surface area contributed by atoms with Crippen molar-refractivity contribution in [3.8, 4) is 11.3 Å². The van der Waals surface area contributed by atoms with Gasteiger partial charge in [0.25, 0.3) is 5.91 Å². The van der Waals surface area contributed by atoms with Crippen LogP contribution in [0.4, 0.5) is 5.95 Å². The third kappa shape index (κ3) is 6.71. The van der Waals surface area contributed by atoms with E-state index in [1.54, 1.807) is 11.8 Å². The molecule has 1 fully saturated rings. The van der Waals surface area contributed by atoms with Crippen molar-refractivity contribution in [1.29, 1.82) is 0 Å². The fourth-order valence-corrected chi connectivity index (χ4v) is 5.30. The molecule has 1 aromatic carbocycles. The Balaban J connectivity index is 1.56. The minimum absolute atomic E-state index is 0.108. The van der Waals surface area contributed by atoms with E-state index in [2.05, 4.69) is 20.2 Å². The van der Waals surface area contributed by atoms with Gasteiger partial charge in [-0.3, -0.25) is 14.5 Å². The molecular formula is C25H34N6O3S. The highest BCUT2D eigenvalue weighted by molar-refractivity contribution is 7.99. The molecule has 2 aliphatic heterocycles. The Labute approximate surface area is 210 Å². The van der Waals surface area contributed by atoms with Crippen molar-refractivity contribution in [2.75, 3.05) is 64.0 Å². The molecule has 3 heterocycles. The number of nitrogens with one attached hydrogen (secondary N) is 1. The van der Waals surface area contributed by atoms with E-state index in [0.717, 1.165) is 54.6 Å². The molecule has 0 saturated carbocycles. The number of hydrogen-bond acceptors (Lipinski definition) is 8. The zero-order valence-electron chi connectivity index (χ0n) is 20.5. The van der Waals surface area contributed by atoms with Crippen LogP contribution in [-0.4, -0.2) is 89.8 Å². The van der Waals surface area contributed by atoms with Crippen LogP contribution in [0.25, 0.3) is 11.3 Å². The van der Waals surface area contributed by atoms with Crippen LogP contribution in [0.5, 0.6) is 0 Å². The number of amides is 2. The van der Waals surface area contributed by atoms with Crippen molar-refractivity contribution in [2.24, 2.45) is 0 Å². The van der Waals surface area contributed by atoms with Crippen LogP contribution in [0.3, 0.4) is 0 Å². The van der Waals surface area contributed by atoms with E-state index in [1.165, 1.54) is 0 Å². The number of nitrogens with zero attached hydrogens (tertiary/aromatic N) is 4. The lowest BCUT2D eigenvalue weighted by atomic mass is 9.97. The zero-order chi connectivity index (χ0) is 24.8. The van der Waals surface area contributed by atoms with Crippen molar-refractivity contribution < 1.29 is 14.3 Å². The Morgan fingerprint density at radius 1 is 1.03 bits per heavy atom. The molecule has 188 valence electrons. The predicted molar refractivity (Wildman–Crippen MR) is 137 cm³/mol. The summed E-state index contributed by atoms with van der Waals surface area (Å²) < 4.78 is 5.43. The van der Waals surface area contributed by atoms with E-state index >= 15 is 0 Å². The molecule has 2 aromatic rings. The molecule has 35 heavy (non-hydrogen) atoms. The quantitative estimate of drug-likeness (QED) is 0.619. The maximum Gasteiger partial charge on any atom is 0.251 e. The third-order valence-electron chi connectivity index (χ3n) is 6.42. The van der Waals surface area contributed by atoms with Gasteiger partial charge in [0, 0.05) is 62.6 Å². The molecule has 4 bridgehead atoms. The molecule has 0 spiro atoms. The van der Waals surface area contributed by atoms with Crippen LogP contribution in [0, 0.1) is 13.8 Å². The molecule has 1 aromatic heterocycles. The molecule has 10 heteroatoms. The number of rotatable bonds is 3. The maximum atomic E-state index is 13.0. The molecule has 2 amide bonds. The monoisotopic (exact) mass is 498 g/mol. The van der Waals surface area contributed by atoms with Crippen molar-refractivity contribution in [2.45, 2.75) is 31.7 Å². The number of nitrogen functional groups attached to an aromatic ring is 1.